The Morgan fingerprint density at radius 2 is 0.891 bits per heavy atom. The van der Waals surface area contributed by atoms with Gasteiger partial charge in [0.15, 0.2) is 0 Å². The minimum absolute atomic E-state index is 0.0692. The van der Waals surface area contributed by atoms with Gasteiger partial charge < -0.3 is 0 Å². The minimum Gasteiger partial charge on any atom is -0.256 e. The van der Waals surface area contributed by atoms with Crippen LogP contribution in [-0.2, 0) is 0 Å². The number of aromatic nitrogens is 3. The molecule has 0 amide bonds. The molecule has 6 aromatic carbocycles. The van der Waals surface area contributed by atoms with Crippen LogP contribution in [-0.4, -0.2) is 15.0 Å². The standard InChI is InChI=1S/C43H27N3/c1-2-10-28(11-3-1)37-25-23-31-21-22-32-24-26-38(46-43(32)42(31)45-37)29-17-19-30(20-18-29)40-33-12-4-6-14-35(33)41(39-16-8-9-27-44-39)36-15-7-5-13-34(36)40/h1-27H/i1D,2D,3D,10D,11D. The van der Waals surface area contributed by atoms with Crippen molar-refractivity contribution in [2.24, 2.45) is 0 Å². The van der Waals surface area contributed by atoms with Crippen molar-refractivity contribution in [2.75, 3.05) is 0 Å². The summed E-state index contributed by atoms with van der Waals surface area (Å²) >= 11 is 0. The van der Waals surface area contributed by atoms with E-state index in [-0.39, 0.29) is 29.7 Å². The molecule has 0 aliphatic rings. The number of hydrogen-bond acceptors (Lipinski definition) is 3. The van der Waals surface area contributed by atoms with Crippen LogP contribution >= 0.6 is 0 Å². The molecule has 214 valence electrons. The number of pyridine rings is 3. The minimum atomic E-state index is -0.430. The number of hydrogen-bond donors (Lipinski definition) is 0. The van der Waals surface area contributed by atoms with Crippen molar-refractivity contribution in [3.8, 4) is 44.9 Å². The molecule has 46 heavy (non-hydrogen) atoms. The lowest BCUT2D eigenvalue weighted by molar-refractivity contribution is 1.34. The van der Waals surface area contributed by atoms with Gasteiger partial charge in [-0.25, -0.2) is 9.97 Å². The summed E-state index contributed by atoms with van der Waals surface area (Å²) in [6.07, 6.45) is 1.84. The maximum atomic E-state index is 8.48. The molecule has 0 radical (unpaired) electrons. The number of rotatable bonds is 4. The first-order valence-corrected chi connectivity index (χ1v) is 15.1. The molecule has 3 aromatic heterocycles. The quantitative estimate of drug-likeness (QED) is 0.151. The Morgan fingerprint density at radius 1 is 0.391 bits per heavy atom. The molecule has 0 saturated heterocycles. The molecule has 0 bridgehead atoms. The molecule has 0 fully saturated rings. The van der Waals surface area contributed by atoms with Gasteiger partial charge in [0.05, 0.1) is 35.0 Å². The van der Waals surface area contributed by atoms with Crippen molar-refractivity contribution in [3.05, 3.63) is 164 Å². The summed E-state index contributed by atoms with van der Waals surface area (Å²) in [5, 5.41) is 6.33. The third kappa shape index (κ3) is 4.33. The summed E-state index contributed by atoms with van der Waals surface area (Å²) in [6, 6.07) is 41.3. The maximum absolute atomic E-state index is 8.48. The largest absolute Gasteiger partial charge is 0.256 e. The highest BCUT2D eigenvalue weighted by molar-refractivity contribution is 6.21. The van der Waals surface area contributed by atoms with Gasteiger partial charge in [-0.05, 0) is 56.9 Å². The first-order chi connectivity index (χ1) is 24.9. The molecule has 0 aliphatic heterocycles. The van der Waals surface area contributed by atoms with E-state index in [4.69, 9.17) is 21.8 Å². The van der Waals surface area contributed by atoms with E-state index in [0.29, 0.717) is 16.7 Å². The first-order valence-electron chi connectivity index (χ1n) is 17.6. The molecule has 0 atom stereocenters. The predicted molar refractivity (Wildman–Crippen MR) is 192 cm³/mol. The van der Waals surface area contributed by atoms with Crippen LogP contribution in [0.25, 0.3) is 88.2 Å². The highest BCUT2D eigenvalue weighted by Gasteiger charge is 2.17. The van der Waals surface area contributed by atoms with Gasteiger partial charge in [0, 0.05) is 33.7 Å². The van der Waals surface area contributed by atoms with Crippen molar-refractivity contribution in [3.63, 3.8) is 0 Å². The summed E-state index contributed by atoms with van der Waals surface area (Å²) in [4.78, 5) is 14.7. The van der Waals surface area contributed by atoms with Crippen molar-refractivity contribution in [2.45, 2.75) is 0 Å². The van der Waals surface area contributed by atoms with Crippen molar-refractivity contribution in [1.82, 2.24) is 15.0 Å². The Bertz CT molecular complexity index is 2770. The fraction of sp³-hybridized carbons (Fsp3) is 0. The summed E-state index contributed by atoms with van der Waals surface area (Å²) in [5.74, 6) is 0. The normalized spacial score (nSPS) is 13.0. The Balaban J connectivity index is 1.18. The lowest BCUT2D eigenvalue weighted by atomic mass is 9.87. The zero-order valence-electron chi connectivity index (χ0n) is 29.5. The fourth-order valence-electron chi connectivity index (χ4n) is 6.48. The van der Waals surface area contributed by atoms with E-state index < -0.39 is 6.04 Å². The average molecular weight is 591 g/mol. The van der Waals surface area contributed by atoms with Crippen LogP contribution in [0.4, 0.5) is 0 Å². The fourth-order valence-corrected chi connectivity index (χ4v) is 6.48. The third-order valence-corrected chi connectivity index (χ3v) is 8.60. The van der Waals surface area contributed by atoms with E-state index >= 15 is 0 Å². The third-order valence-electron chi connectivity index (χ3n) is 8.60. The number of fused-ring (bicyclic) bond motifs is 5. The lowest BCUT2D eigenvalue weighted by Crippen LogP contribution is -1.92. The van der Waals surface area contributed by atoms with Crippen LogP contribution in [0, 0.1) is 0 Å². The first kappa shape index (κ1) is 21.5. The number of benzene rings is 6. The van der Waals surface area contributed by atoms with Gasteiger partial charge in [0.25, 0.3) is 0 Å². The molecule has 0 N–H and O–H groups in total. The zero-order chi connectivity index (χ0) is 34.8. The molecule has 0 aliphatic carbocycles. The Labute approximate surface area is 273 Å². The van der Waals surface area contributed by atoms with Gasteiger partial charge in [0.1, 0.15) is 0 Å². The monoisotopic (exact) mass is 590 g/mol. The summed E-state index contributed by atoms with van der Waals surface area (Å²) < 4.78 is 41.2. The SMILES string of the molecule is [2H]c1c([2H])c([2H])c(-c2ccc3ccc4ccc(-c5ccc(-c6c7ccccc7c(-c7ccccn7)c7ccccc67)cc5)nc4c3n2)c([2H])c1[2H]. The van der Waals surface area contributed by atoms with E-state index in [1.54, 1.807) is 6.07 Å². The van der Waals surface area contributed by atoms with Gasteiger partial charge in [-0.3, -0.25) is 4.98 Å². The van der Waals surface area contributed by atoms with E-state index in [0.717, 1.165) is 66.0 Å². The smallest absolute Gasteiger partial charge is 0.0972 e. The van der Waals surface area contributed by atoms with Gasteiger partial charge in [-0.15, -0.1) is 0 Å². The van der Waals surface area contributed by atoms with Gasteiger partial charge >= 0.3 is 0 Å². The Hall–Kier alpha value is -6.19. The zero-order valence-corrected chi connectivity index (χ0v) is 24.5. The van der Waals surface area contributed by atoms with Crippen LogP contribution in [0.5, 0.6) is 0 Å². The molecule has 3 heterocycles. The summed E-state index contributed by atoms with van der Waals surface area (Å²) in [7, 11) is 0. The van der Waals surface area contributed by atoms with Gasteiger partial charge in [-0.1, -0.05) is 133 Å². The van der Waals surface area contributed by atoms with Gasteiger partial charge in [-0.2, -0.15) is 0 Å². The summed E-state index contributed by atoms with van der Waals surface area (Å²) in [5.41, 5.74) is 7.68. The Morgan fingerprint density at radius 3 is 1.46 bits per heavy atom. The molecule has 3 nitrogen and oxygen atoms in total. The average Bonchev–Trinajstić information content (AvgIpc) is 3.18. The second-order valence-corrected chi connectivity index (χ2v) is 11.2. The highest BCUT2D eigenvalue weighted by atomic mass is 14.8. The maximum Gasteiger partial charge on any atom is 0.0972 e. The molecular weight excluding hydrogens is 558 g/mol. The lowest BCUT2D eigenvalue weighted by Gasteiger charge is -2.17. The summed E-state index contributed by atoms with van der Waals surface area (Å²) in [6.45, 7) is 0. The van der Waals surface area contributed by atoms with E-state index in [1.165, 1.54) is 0 Å². The van der Waals surface area contributed by atoms with E-state index in [9.17, 15) is 0 Å². The Kier molecular flexibility index (Phi) is 5.03. The second kappa shape index (κ2) is 10.8. The number of nitrogens with zero attached hydrogens (tertiary/aromatic N) is 3. The topological polar surface area (TPSA) is 38.7 Å². The van der Waals surface area contributed by atoms with Crippen LogP contribution in [0.3, 0.4) is 0 Å². The highest BCUT2D eigenvalue weighted by Crippen LogP contribution is 2.43. The van der Waals surface area contributed by atoms with Crippen LogP contribution in [0.15, 0.2) is 164 Å². The van der Waals surface area contributed by atoms with E-state index in [2.05, 4.69) is 78.9 Å². The molecule has 0 saturated carbocycles. The molecule has 3 heteroatoms. The van der Waals surface area contributed by atoms with Crippen LogP contribution in [0.1, 0.15) is 6.85 Å². The van der Waals surface area contributed by atoms with Crippen molar-refractivity contribution < 1.29 is 6.85 Å². The van der Waals surface area contributed by atoms with E-state index in [1.807, 2.05) is 48.7 Å². The van der Waals surface area contributed by atoms with Crippen LogP contribution in [0.2, 0.25) is 0 Å². The van der Waals surface area contributed by atoms with Gasteiger partial charge in [0.2, 0.25) is 0 Å². The molecule has 0 unspecified atom stereocenters. The molecular formula is C43H27N3. The molecule has 0 spiro atoms. The predicted octanol–water partition coefficient (Wildman–Crippen LogP) is 11.2. The van der Waals surface area contributed by atoms with Crippen molar-refractivity contribution in [1.29, 1.82) is 0 Å². The van der Waals surface area contributed by atoms with Crippen LogP contribution < -0.4 is 0 Å². The molecule has 9 aromatic rings. The molecule has 9 rings (SSSR count). The van der Waals surface area contributed by atoms with Crippen molar-refractivity contribution >= 4 is 43.4 Å². The second-order valence-electron chi connectivity index (χ2n) is 11.2.